The molecule has 0 fully saturated rings. The second-order valence-corrected chi connectivity index (χ2v) is 14.9. The number of esters is 1. The number of allylic oxidation sites excluding steroid dienone is 9. The molecule has 0 aromatic heterocycles. The molecule has 0 aromatic carbocycles. The largest absolute Gasteiger partial charge is 0.481 e. The molecule has 0 bridgehead atoms. The monoisotopic (exact) mass is 725 g/mol. The summed E-state index contributed by atoms with van der Waals surface area (Å²) in [6.45, 7) is 4.51. The number of carboxylic acids is 1. The van der Waals surface area contributed by atoms with Gasteiger partial charge in [0.25, 0.3) is 0 Å². The van der Waals surface area contributed by atoms with Crippen LogP contribution in [-0.4, -0.2) is 23.1 Å². The molecule has 4 nitrogen and oxygen atoms in total. The molecule has 0 aliphatic carbocycles. The molecule has 0 rings (SSSR count). The topological polar surface area (TPSA) is 63.6 Å². The van der Waals surface area contributed by atoms with Gasteiger partial charge < -0.3 is 9.84 Å². The van der Waals surface area contributed by atoms with Gasteiger partial charge in [0.2, 0.25) is 0 Å². The van der Waals surface area contributed by atoms with E-state index in [0.29, 0.717) is 6.42 Å². The lowest BCUT2D eigenvalue weighted by atomic mass is 10.0. The Hall–Kier alpha value is -2.36. The third-order valence-corrected chi connectivity index (χ3v) is 9.70. The fourth-order valence-electron chi connectivity index (χ4n) is 6.38. The summed E-state index contributed by atoms with van der Waals surface area (Å²) in [6, 6.07) is 0. The molecule has 1 unspecified atom stereocenters. The number of carboxylic acid groups (broad SMARTS) is 1. The first-order valence-corrected chi connectivity index (χ1v) is 22.3. The van der Waals surface area contributed by atoms with Crippen molar-refractivity contribution in [3.63, 3.8) is 0 Å². The van der Waals surface area contributed by atoms with E-state index in [9.17, 15) is 9.59 Å². The number of hydrogen-bond acceptors (Lipinski definition) is 3. The van der Waals surface area contributed by atoms with Crippen LogP contribution in [0.5, 0.6) is 0 Å². The summed E-state index contributed by atoms with van der Waals surface area (Å²) in [4.78, 5) is 23.4. The van der Waals surface area contributed by atoms with Crippen LogP contribution in [-0.2, 0) is 14.3 Å². The van der Waals surface area contributed by atoms with E-state index in [1.54, 1.807) is 0 Å². The van der Waals surface area contributed by atoms with E-state index in [-0.39, 0.29) is 18.5 Å². The molecule has 0 aliphatic rings. The summed E-state index contributed by atoms with van der Waals surface area (Å²) < 4.78 is 5.91. The Morgan fingerprint density at radius 3 is 1.31 bits per heavy atom. The maximum Gasteiger partial charge on any atom is 0.306 e. The van der Waals surface area contributed by atoms with Crippen molar-refractivity contribution in [2.75, 3.05) is 0 Å². The van der Waals surface area contributed by atoms with Crippen molar-refractivity contribution in [2.45, 2.75) is 232 Å². The highest BCUT2D eigenvalue weighted by Gasteiger charge is 2.11. The molecule has 0 radical (unpaired) electrons. The Morgan fingerprint density at radius 1 is 0.442 bits per heavy atom. The first-order valence-electron chi connectivity index (χ1n) is 22.3. The van der Waals surface area contributed by atoms with Crippen LogP contribution in [0.2, 0.25) is 0 Å². The molecule has 0 aliphatic heterocycles. The summed E-state index contributed by atoms with van der Waals surface area (Å²) in [5, 5.41) is 8.82. The quantitative estimate of drug-likeness (QED) is 0.0388. The number of hydrogen-bond donors (Lipinski definition) is 1. The van der Waals surface area contributed by atoms with Crippen molar-refractivity contribution in [2.24, 2.45) is 0 Å². The number of aliphatic carboxylic acids is 1. The van der Waals surface area contributed by atoms with Crippen molar-refractivity contribution in [1.82, 2.24) is 0 Å². The predicted molar refractivity (Wildman–Crippen MR) is 227 cm³/mol. The molecule has 0 amide bonds. The normalized spacial score (nSPS) is 12.8. The number of ether oxygens (including phenoxy) is 1. The van der Waals surface area contributed by atoms with Gasteiger partial charge in [0.05, 0.1) is 0 Å². The van der Waals surface area contributed by atoms with Crippen LogP contribution in [0, 0.1) is 0 Å². The van der Waals surface area contributed by atoms with Crippen LogP contribution in [0.15, 0.2) is 60.8 Å². The zero-order valence-corrected chi connectivity index (χ0v) is 34.4. The Labute approximate surface area is 323 Å². The Morgan fingerprint density at radius 2 is 0.808 bits per heavy atom. The van der Waals surface area contributed by atoms with Gasteiger partial charge in [-0.15, -0.1) is 0 Å². The lowest BCUT2D eigenvalue weighted by molar-refractivity contribution is -0.147. The average Bonchev–Trinajstić information content (AvgIpc) is 3.13. The highest BCUT2D eigenvalue weighted by Crippen LogP contribution is 2.16. The molecule has 1 N–H and O–H groups in total. The Balaban J connectivity index is 3.98. The fraction of sp³-hybridized carbons (Fsp3) is 0.750. The minimum Gasteiger partial charge on any atom is -0.481 e. The van der Waals surface area contributed by atoms with Gasteiger partial charge in [0.15, 0.2) is 0 Å². The minimum atomic E-state index is -0.716. The van der Waals surface area contributed by atoms with Gasteiger partial charge in [-0.25, -0.2) is 0 Å². The number of unbranched alkanes of at least 4 members (excludes halogenated alkanes) is 23. The molecule has 1 atom stereocenters. The van der Waals surface area contributed by atoms with E-state index in [1.807, 2.05) is 0 Å². The second-order valence-electron chi connectivity index (χ2n) is 14.9. The molecular weight excluding hydrogens is 641 g/mol. The molecule has 300 valence electrons. The number of rotatable bonds is 40. The standard InChI is InChI=1S/C48H84O4/c1-3-5-7-9-11-13-15-16-17-18-19-20-21-22-23-24-25-26-28-30-32-37-41-45-48(51)52-46(43-39-35-33-36-40-44-47(49)50)42-38-34-31-29-27-14-12-10-8-6-4-2/h12,14-16,18-19,29,31,38,42,46H,3-11,13,17,20-28,30,32-37,39-41,43-45H2,1-2H3,(H,49,50)/b14-12-,16-15-,19-18-,31-29-,42-38-. The predicted octanol–water partition coefficient (Wildman–Crippen LogP) is 15.7. The lowest BCUT2D eigenvalue weighted by Crippen LogP contribution is -2.16. The maximum absolute atomic E-state index is 12.7. The summed E-state index contributed by atoms with van der Waals surface area (Å²) >= 11 is 0. The summed E-state index contributed by atoms with van der Waals surface area (Å²) in [5.41, 5.74) is 0. The SMILES string of the molecule is CCCCC/C=C\C/C=C\C/C=C\C(CCCCCCCC(=O)O)OC(=O)CCCCCCCCCCCCC/C=C\C/C=C\CCCCCCC. The van der Waals surface area contributed by atoms with E-state index >= 15 is 0 Å². The Bertz CT molecular complexity index is 911. The van der Waals surface area contributed by atoms with Crippen molar-refractivity contribution < 1.29 is 19.4 Å². The number of carbonyl (C=O) groups is 2. The van der Waals surface area contributed by atoms with Crippen LogP contribution in [0.4, 0.5) is 0 Å². The van der Waals surface area contributed by atoms with Gasteiger partial charge in [0, 0.05) is 12.8 Å². The summed E-state index contributed by atoms with van der Waals surface area (Å²) in [6.07, 6.45) is 59.8. The van der Waals surface area contributed by atoms with Gasteiger partial charge in [0.1, 0.15) is 6.10 Å². The van der Waals surface area contributed by atoms with Crippen molar-refractivity contribution in [1.29, 1.82) is 0 Å². The molecule has 0 spiro atoms. The van der Waals surface area contributed by atoms with Crippen molar-refractivity contribution in [3.05, 3.63) is 60.8 Å². The summed E-state index contributed by atoms with van der Waals surface area (Å²) in [7, 11) is 0. The van der Waals surface area contributed by atoms with Crippen LogP contribution in [0.3, 0.4) is 0 Å². The third-order valence-electron chi connectivity index (χ3n) is 9.70. The van der Waals surface area contributed by atoms with Gasteiger partial charge >= 0.3 is 11.9 Å². The number of carbonyl (C=O) groups excluding carboxylic acids is 1. The molecule has 4 heteroatoms. The van der Waals surface area contributed by atoms with E-state index in [2.05, 4.69) is 74.6 Å². The van der Waals surface area contributed by atoms with Crippen LogP contribution in [0.1, 0.15) is 226 Å². The average molecular weight is 725 g/mol. The molecule has 0 saturated carbocycles. The second kappa shape index (κ2) is 43.0. The van der Waals surface area contributed by atoms with E-state index in [4.69, 9.17) is 9.84 Å². The highest BCUT2D eigenvalue weighted by atomic mass is 16.5. The van der Waals surface area contributed by atoms with E-state index in [0.717, 1.165) is 70.6 Å². The molecule has 0 saturated heterocycles. The fourth-order valence-corrected chi connectivity index (χ4v) is 6.38. The first kappa shape index (κ1) is 49.6. The molecular formula is C48H84O4. The van der Waals surface area contributed by atoms with Crippen LogP contribution < -0.4 is 0 Å². The van der Waals surface area contributed by atoms with Gasteiger partial charge in [-0.2, -0.15) is 0 Å². The minimum absolute atomic E-state index is 0.0734. The molecule has 52 heavy (non-hydrogen) atoms. The van der Waals surface area contributed by atoms with E-state index in [1.165, 1.54) is 128 Å². The summed E-state index contributed by atoms with van der Waals surface area (Å²) in [5.74, 6) is -0.789. The van der Waals surface area contributed by atoms with Gasteiger partial charge in [-0.05, 0) is 89.5 Å². The van der Waals surface area contributed by atoms with Crippen molar-refractivity contribution in [3.8, 4) is 0 Å². The van der Waals surface area contributed by atoms with E-state index < -0.39 is 5.97 Å². The van der Waals surface area contributed by atoms with Crippen LogP contribution >= 0.6 is 0 Å². The Kier molecular flexibility index (Phi) is 41.1. The lowest BCUT2D eigenvalue weighted by Gasteiger charge is -2.14. The molecule has 0 aromatic rings. The first-order chi connectivity index (χ1) is 25.6. The van der Waals surface area contributed by atoms with Gasteiger partial charge in [-0.3, -0.25) is 9.59 Å². The van der Waals surface area contributed by atoms with Gasteiger partial charge in [-0.1, -0.05) is 184 Å². The zero-order valence-electron chi connectivity index (χ0n) is 34.4. The van der Waals surface area contributed by atoms with Crippen LogP contribution in [0.25, 0.3) is 0 Å². The highest BCUT2D eigenvalue weighted by molar-refractivity contribution is 5.69. The third kappa shape index (κ3) is 42.1. The zero-order chi connectivity index (χ0) is 37.8. The maximum atomic E-state index is 12.7. The molecule has 0 heterocycles. The van der Waals surface area contributed by atoms with Crippen molar-refractivity contribution >= 4 is 11.9 Å². The smallest absolute Gasteiger partial charge is 0.306 e.